The van der Waals surface area contributed by atoms with Crippen molar-refractivity contribution in [3.8, 4) is 11.1 Å². The molecule has 4 aromatic rings. The predicted octanol–water partition coefficient (Wildman–Crippen LogP) is 5.20. The van der Waals surface area contributed by atoms with E-state index in [1.807, 2.05) is 19.9 Å². The van der Waals surface area contributed by atoms with Crippen LogP contribution in [0.5, 0.6) is 0 Å². The molecule has 0 unspecified atom stereocenters. The molecule has 0 aliphatic carbocycles. The Morgan fingerprint density at radius 1 is 0.724 bits per heavy atom. The van der Waals surface area contributed by atoms with Crippen LogP contribution in [0, 0.1) is 0 Å². The SMILES string of the molecule is CC(C)(O)C(C)(C)OBc1ccc2c(c1)c(-c1ccccc1)cc1ccccc12. The summed E-state index contributed by atoms with van der Waals surface area (Å²) in [6.07, 6.45) is 0. The molecule has 0 saturated carbocycles. The molecule has 3 heteroatoms. The number of hydrogen-bond acceptors (Lipinski definition) is 2. The molecule has 0 aromatic heterocycles. The minimum absolute atomic E-state index is 0.452. The molecule has 0 atom stereocenters. The van der Waals surface area contributed by atoms with Gasteiger partial charge in [0.1, 0.15) is 0 Å². The second-order valence-corrected chi connectivity index (χ2v) is 8.75. The van der Waals surface area contributed by atoms with Gasteiger partial charge in [0.25, 0.3) is 0 Å². The summed E-state index contributed by atoms with van der Waals surface area (Å²) in [7, 11) is 0.452. The lowest BCUT2D eigenvalue weighted by atomic mass is 9.81. The largest absolute Gasteiger partial charge is 0.427 e. The second-order valence-electron chi connectivity index (χ2n) is 8.75. The summed E-state index contributed by atoms with van der Waals surface area (Å²) in [5.74, 6) is 0. The zero-order valence-corrected chi connectivity index (χ0v) is 17.6. The fraction of sp³-hybridized carbons (Fsp3) is 0.231. The highest BCUT2D eigenvalue weighted by molar-refractivity contribution is 6.47. The van der Waals surface area contributed by atoms with Crippen LogP contribution in [0.4, 0.5) is 0 Å². The van der Waals surface area contributed by atoms with E-state index in [2.05, 4.69) is 72.8 Å². The molecule has 2 nitrogen and oxygen atoms in total. The molecule has 0 amide bonds. The number of rotatable bonds is 5. The second kappa shape index (κ2) is 7.33. The molecule has 0 fully saturated rings. The molecule has 0 aliphatic rings. The first-order valence-electron chi connectivity index (χ1n) is 10.1. The minimum Gasteiger partial charge on any atom is -0.427 e. The zero-order chi connectivity index (χ0) is 20.6. The third kappa shape index (κ3) is 3.81. The lowest BCUT2D eigenvalue weighted by Gasteiger charge is -2.37. The van der Waals surface area contributed by atoms with Crippen molar-refractivity contribution in [2.24, 2.45) is 0 Å². The van der Waals surface area contributed by atoms with Gasteiger partial charge < -0.3 is 9.76 Å². The van der Waals surface area contributed by atoms with E-state index in [4.69, 9.17) is 4.65 Å². The van der Waals surface area contributed by atoms with Crippen LogP contribution in [0.3, 0.4) is 0 Å². The Labute approximate surface area is 173 Å². The first kappa shape index (κ1) is 19.7. The Balaban J connectivity index is 1.84. The van der Waals surface area contributed by atoms with Crippen molar-refractivity contribution < 1.29 is 9.76 Å². The van der Waals surface area contributed by atoms with E-state index in [9.17, 15) is 5.11 Å². The Morgan fingerprint density at radius 2 is 1.41 bits per heavy atom. The molecule has 4 aromatic carbocycles. The highest BCUT2D eigenvalue weighted by Gasteiger charge is 2.35. The fourth-order valence-corrected chi connectivity index (χ4v) is 3.54. The van der Waals surface area contributed by atoms with E-state index in [0.717, 1.165) is 5.46 Å². The van der Waals surface area contributed by atoms with E-state index >= 15 is 0 Å². The van der Waals surface area contributed by atoms with Crippen molar-refractivity contribution in [3.05, 3.63) is 78.9 Å². The third-order valence-electron chi connectivity index (χ3n) is 6.08. The van der Waals surface area contributed by atoms with Crippen molar-refractivity contribution in [1.82, 2.24) is 0 Å². The lowest BCUT2D eigenvalue weighted by molar-refractivity contribution is -0.0893. The fourth-order valence-electron chi connectivity index (χ4n) is 3.54. The summed E-state index contributed by atoms with van der Waals surface area (Å²) in [5.41, 5.74) is 1.96. The van der Waals surface area contributed by atoms with Gasteiger partial charge in [-0.05, 0) is 66.4 Å². The lowest BCUT2D eigenvalue weighted by Crippen LogP contribution is -2.49. The molecular weight excluding hydrogens is 355 g/mol. The average molecular weight is 382 g/mol. The van der Waals surface area contributed by atoms with E-state index < -0.39 is 11.2 Å². The molecule has 1 N–H and O–H groups in total. The standard InChI is InChI=1S/C26H27BO2/c1-25(2,28)26(3,4)29-27-20-14-15-22-21-13-9-8-12-19(21)16-23(24(22)17-20)18-10-6-5-7-11-18/h5-17,27-28H,1-4H3. The Bertz CT molecular complexity index is 1160. The topological polar surface area (TPSA) is 29.5 Å². The van der Waals surface area contributed by atoms with Gasteiger partial charge in [0.15, 0.2) is 0 Å². The number of hydrogen-bond donors (Lipinski definition) is 1. The molecule has 0 aliphatic heterocycles. The molecule has 4 rings (SSSR count). The summed E-state index contributed by atoms with van der Waals surface area (Å²) >= 11 is 0. The van der Waals surface area contributed by atoms with Crippen LogP contribution in [-0.4, -0.2) is 23.8 Å². The van der Waals surface area contributed by atoms with E-state index in [1.165, 1.54) is 32.7 Å². The minimum atomic E-state index is -0.921. The molecule has 146 valence electrons. The number of fused-ring (bicyclic) bond motifs is 3. The van der Waals surface area contributed by atoms with Gasteiger partial charge in [-0.1, -0.05) is 78.3 Å². The maximum atomic E-state index is 10.4. The highest BCUT2D eigenvalue weighted by atomic mass is 16.5. The van der Waals surface area contributed by atoms with Crippen molar-refractivity contribution >= 4 is 34.5 Å². The Kier molecular flexibility index (Phi) is 4.98. The Hall–Kier alpha value is -2.62. The summed E-state index contributed by atoms with van der Waals surface area (Å²) in [6, 6.07) is 27.9. The van der Waals surface area contributed by atoms with E-state index in [-0.39, 0.29) is 0 Å². The average Bonchev–Trinajstić information content (AvgIpc) is 2.71. The molecule has 0 spiro atoms. The van der Waals surface area contributed by atoms with Gasteiger partial charge >= 0.3 is 7.48 Å². The quantitative estimate of drug-likeness (QED) is 0.380. The van der Waals surface area contributed by atoms with Crippen LogP contribution in [0.2, 0.25) is 0 Å². The van der Waals surface area contributed by atoms with Crippen LogP contribution >= 0.6 is 0 Å². The monoisotopic (exact) mass is 382 g/mol. The zero-order valence-electron chi connectivity index (χ0n) is 17.6. The first-order chi connectivity index (χ1) is 13.8. The number of aliphatic hydroxyl groups is 1. The summed E-state index contributed by atoms with van der Waals surface area (Å²) < 4.78 is 6.11. The van der Waals surface area contributed by atoms with Gasteiger partial charge in [-0.15, -0.1) is 0 Å². The van der Waals surface area contributed by atoms with Gasteiger partial charge in [-0.2, -0.15) is 0 Å². The number of benzene rings is 4. The van der Waals surface area contributed by atoms with Crippen molar-refractivity contribution in [1.29, 1.82) is 0 Å². The highest BCUT2D eigenvalue weighted by Crippen LogP contribution is 2.34. The van der Waals surface area contributed by atoms with Gasteiger partial charge in [0.2, 0.25) is 0 Å². The van der Waals surface area contributed by atoms with Crippen LogP contribution in [0.25, 0.3) is 32.7 Å². The van der Waals surface area contributed by atoms with Crippen molar-refractivity contribution in [2.75, 3.05) is 0 Å². The van der Waals surface area contributed by atoms with Crippen LogP contribution in [0.15, 0.2) is 78.9 Å². The molecule has 0 heterocycles. The molecule has 0 bridgehead atoms. The maximum absolute atomic E-state index is 10.4. The first-order valence-corrected chi connectivity index (χ1v) is 10.1. The smallest absolute Gasteiger partial charge is 0.309 e. The molecule has 0 radical (unpaired) electrons. The normalized spacial score (nSPS) is 12.4. The van der Waals surface area contributed by atoms with Crippen LogP contribution in [0.1, 0.15) is 27.7 Å². The molecular formula is C26H27BO2. The van der Waals surface area contributed by atoms with Crippen molar-refractivity contribution in [2.45, 2.75) is 38.9 Å². The third-order valence-corrected chi connectivity index (χ3v) is 6.08. The van der Waals surface area contributed by atoms with Gasteiger partial charge in [-0.25, -0.2) is 0 Å². The molecule has 0 saturated heterocycles. The van der Waals surface area contributed by atoms with Crippen LogP contribution < -0.4 is 5.46 Å². The van der Waals surface area contributed by atoms with Crippen molar-refractivity contribution in [3.63, 3.8) is 0 Å². The van der Waals surface area contributed by atoms with Crippen LogP contribution in [-0.2, 0) is 4.65 Å². The summed E-state index contributed by atoms with van der Waals surface area (Å²) in [6.45, 7) is 7.42. The summed E-state index contributed by atoms with van der Waals surface area (Å²) in [5, 5.41) is 15.3. The van der Waals surface area contributed by atoms with Gasteiger partial charge in [0.05, 0.1) is 11.2 Å². The predicted molar refractivity (Wildman–Crippen MR) is 125 cm³/mol. The summed E-state index contributed by atoms with van der Waals surface area (Å²) in [4.78, 5) is 0. The molecule has 29 heavy (non-hydrogen) atoms. The van der Waals surface area contributed by atoms with E-state index in [1.54, 1.807) is 13.8 Å². The van der Waals surface area contributed by atoms with E-state index in [0.29, 0.717) is 7.48 Å². The van der Waals surface area contributed by atoms with Gasteiger partial charge in [0, 0.05) is 0 Å². The maximum Gasteiger partial charge on any atom is 0.309 e. The Morgan fingerprint density at radius 3 is 2.14 bits per heavy atom. The van der Waals surface area contributed by atoms with Gasteiger partial charge in [-0.3, -0.25) is 0 Å².